The Morgan fingerprint density at radius 1 is 0.781 bits per heavy atom. The topological polar surface area (TPSA) is 9.23 Å². The lowest BCUT2D eigenvalue weighted by Gasteiger charge is -2.27. The zero-order valence-electron chi connectivity index (χ0n) is 19.8. The van der Waals surface area contributed by atoms with E-state index in [-0.39, 0.29) is 22.6 Å². The zero-order chi connectivity index (χ0) is 22.2. The lowest BCUT2D eigenvalue weighted by atomic mass is 9.99. The van der Waals surface area contributed by atoms with Gasteiger partial charge in [0.1, 0.15) is 23.2 Å². The van der Waals surface area contributed by atoms with Gasteiger partial charge in [0, 0.05) is 7.11 Å². The Labute approximate surface area is 206 Å². The van der Waals surface area contributed by atoms with E-state index in [1.807, 2.05) is 0 Å². The number of rotatable bonds is 10. The fourth-order valence-electron chi connectivity index (χ4n) is 4.10. The van der Waals surface area contributed by atoms with Crippen LogP contribution in [-0.2, 0) is 4.74 Å². The second-order valence-electron chi connectivity index (χ2n) is 8.87. The third-order valence-electron chi connectivity index (χ3n) is 6.21. The fraction of sp³-hybridized carbons (Fsp3) is 0.310. The van der Waals surface area contributed by atoms with Gasteiger partial charge in [-0.15, -0.1) is 0 Å². The molecule has 0 spiro atoms. The molecule has 0 N–H and O–H groups in total. The van der Waals surface area contributed by atoms with E-state index in [1.165, 1.54) is 21.5 Å². The van der Waals surface area contributed by atoms with Crippen LogP contribution in [0, 0.1) is 0 Å². The first-order valence-corrected chi connectivity index (χ1v) is 13.2. The summed E-state index contributed by atoms with van der Waals surface area (Å²) in [4.78, 5) is 0. The van der Waals surface area contributed by atoms with Crippen molar-refractivity contribution >= 4 is 23.2 Å². The fourth-order valence-corrected chi connectivity index (χ4v) is 8.26. The van der Waals surface area contributed by atoms with Gasteiger partial charge < -0.3 is 21.7 Å². The summed E-state index contributed by atoms with van der Waals surface area (Å²) in [7, 11) is 0.0280. The largest absolute Gasteiger partial charge is 1.00 e. The molecule has 0 aromatic heterocycles. The van der Waals surface area contributed by atoms with Crippen molar-refractivity contribution in [1.29, 1.82) is 0 Å². The quantitative estimate of drug-likeness (QED) is 0.299. The first kappa shape index (κ1) is 26.5. The van der Waals surface area contributed by atoms with Crippen molar-refractivity contribution in [1.82, 2.24) is 0 Å². The molecule has 0 aliphatic heterocycles. The average molecular weight is 511 g/mol. The molecule has 0 fully saturated rings. The van der Waals surface area contributed by atoms with Crippen molar-refractivity contribution < 1.29 is 21.7 Å². The maximum absolute atomic E-state index is 5.59. The van der Waals surface area contributed by atoms with E-state index >= 15 is 0 Å². The molecule has 0 saturated heterocycles. The van der Waals surface area contributed by atoms with Gasteiger partial charge in [0.2, 0.25) is 0 Å². The minimum absolute atomic E-state index is 0. The highest BCUT2D eigenvalue weighted by atomic mass is 79.9. The number of ether oxygens (including phenoxy) is 1. The van der Waals surface area contributed by atoms with Crippen LogP contribution in [0.4, 0.5) is 0 Å². The van der Waals surface area contributed by atoms with E-state index in [1.54, 1.807) is 7.11 Å². The van der Waals surface area contributed by atoms with E-state index in [0.29, 0.717) is 0 Å². The third-order valence-corrected chi connectivity index (χ3v) is 10.5. The van der Waals surface area contributed by atoms with Gasteiger partial charge in [-0.3, -0.25) is 0 Å². The van der Waals surface area contributed by atoms with Crippen molar-refractivity contribution in [2.24, 2.45) is 0 Å². The molecule has 0 aliphatic rings. The Balaban J connectivity index is 0.00000363. The van der Waals surface area contributed by atoms with Crippen LogP contribution in [-0.4, -0.2) is 18.9 Å². The molecule has 0 heterocycles. The monoisotopic (exact) mass is 510 g/mol. The minimum atomic E-state index is -1.78. The summed E-state index contributed by atoms with van der Waals surface area (Å²) in [5.74, 6) is 0. The summed E-state index contributed by atoms with van der Waals surface area (Å²) in [6.07, 6.45) is 6.89. The predicted octanol–water partition coefficient (Wildman–Crippen LogP) is 3.53. The number of halogens is 1. The number of hydrogen-bond acceptors (Lipinski definition) is 1. The minimum Gasteiger partial charge on any atom is -1.00 e. The SMILES string of the molecule is COC(C)(C)CCCC(C)=CC[P+](c1ccccc1)(c1ccccc1)c1ccccc1.[Br-]. The average Bonchev–Trinajstić information content (AvgIpc) is 2.81. The molecular formula is C29H36BrOP. The Morgan fingerprint density at radius 2 is 1.19 bits per heavy atom. The number of methoxy groups -OCH3 is 1. The highest BCUT2D eigenvalue weighted by Crippen LogP contribution is 2.55. The number of allylic oxidation sites excluding steroid dienone is 2. The molecular weight excluding hydrogens is 475 g/mol. The number of hydrogen-bond donors (Lipinski definition) is 0. The molecule has 1 nitrogen and oxygen atoms in total. The molecule has 0 radical (unpaired) electrons. The van der Waals surface area contributed by atoms with Gasteiger partial charge in [0.05, 0.1) is 11.8 Å². The van der Waals surface area contributed by atoms with Gasteiger partial charge in [0.15, 0.2) is 0 Å². The Bertz CT molecular complexity index is 856. The Hall–Kier alpha value is -1.73. The van der Waals surface area contributed by atoms with Crippen LogP contribution in [0.3, 0.4) is 0 Å². The van der Waals surface area contributed by atoms with Gasteiger partial charge in [-0.25, -0.2) is 0 Å². The summed E-state index contributed by atoms with van der Waals surface area (Å²) >= 11 is 0. The maximum atomic E-state index is 5.59. The molecule has 0 unspecified atom stereocenters. The Morgan fingerprint density at radius 3 is 1.56 bits per heavy atom. The summed E-state index contributed by atoms with van der Waals surface area (Å²) in [6, 6.07) is 33.3. The normalized spacial score (nSPS) is 12.3. The van der Waals surface area contributed by atoms with E-state index in [2.05, 4.69) is 118 Å². The Kier molecular flexibility index (Phi) is 10.4. The number of benzene rings is 3. The first-order valence-electron chi connectivity index (χ1n) is 11.2. The van der Waals surface area contributed by atoms with Crippen LogP contribution >= 0.6 is 7.26 Å². The molecule has 170 valence electrons. The van der Waals surface area contributed by atoms with E-state index < -0.39 is 7.26 Å². The van der Waals surface area contributed by atoms with Crippen molar-refractivity contribution in [2.75, 3.05) is 13.3 Å². The lowest BCUT2D eigenvalue weighted by molar-refractivity contribution is -0.0000263. The zero-order valence-corrected chi connectivity index (χ0v) is 22.3. The van der Waals surface area contributed by atoms with Crippen LogP contribution < -0.4 is 32.9 Å². The van der Waals surface area contributed by atoms with Crippen molar-refractivity contribution in [2.45, 2.75) is 45.6 Å². The van der Waals surface area contributed by atoms with Gasteiger partial charge in [-0.2, -0.15) is 0 Å². The van der Waals surface area contributed by atoms with Gasteiger partial charge in [-0.05, 0) is 82.5 Å². The highest BCUT2D eigenvalue weighted by molar-refractivity contribution is 7.95. The maximum Gasteiger partial charge on any atom is 0.115 e. The molecule has 0 saturated carbocycles. The van der Waals surface area contributed by atoms with E-state index in [9.17, 15) is 0 Å². The predicted molar refractivity (Wildman–Crippen MR) is 139 cm³/mol. The standard InChI is InChI=1S/C29H36OP.BrH/c1-25(15-14-23-29(2,3)30-4)22-24-31(26-16-8-5-9-17-26,27-18-10-6-11-19-27)28-20-12-7-13-21-28;/h5-13,16-22H,14-15,23-24H2,1-4H3;1H/q+1;/p-1. The van der Waals surface area contributed by atoms with Gasteiger partial charge in [-0.1, -0.05) is 60.2 Å². The molecule has 32 heavy (non-hydrogen) atoms. The molecule has 3 aromatic carbocycles. The second kappa shape index (κ2) is 12.5. The summed E-state index contributed by atoms with van der Waals surface area (Å²) in [6.45, 7) is 6.63. The van der Waals surface area contributed by atoms with Gasteiger partial charge >= 0.3 is 0 Å². The lowest BCUT2D eigenvalue weighted by Crippen LogP contribution is -3.00. The van der Waals surface area contributed by atoms with Crippen molar-refractivity contribution in [3.63, 3.8) is 0 Å². The molecule has 3 rings (SSSR count). The third kappa shape index (κ3) is 6.64. The van der Waals surface area contributed by atoms with Crippen molar-refractivity contribution in [3.8, 4) is 0 Å². The first-order chi connectivity index (χ1) is 15.0. The molecule has 0 atom stereocenters. The molecule has 0 aliphatic carbocycles. The van der Waals surface area contributed by atoms with Crippen LogP contribution in [0.25, 0.3) is 0 Å². The summed E-state index contributed by atoms with van der Waals surface area (Å²) in [5, 5.41) is 4.32. The molecule has 3 heteroatoms. The highest BCUT2D eigenvalue weighted by Gasteiger charge is 2.44. The smallest absolute Gasteiger partial charge is 0.115 e. The van der Waals surface area contributed by atoms with E-state index in [0.717, 1.165) is 25.4 Å². The van der Waals surface area contributed by atoms with Crippen LogP contribution in [0.2, 0.25) is 0 Å². The van der Waals surface area contributed by atoms with Gasteiger partial charge in [0.25, 0.3) is 0 Å². The van der Waals surface area contributed by atoms with E-state index in [4.69, 9.17) is 4.74 Å². The molecule has 0 bridgehead atoms. The second-order valence-corrected chi connectivity index (χ2v) is 12.4. The van der Waals surface area contributed by atoms with Crippen LogP contribution in [0.5, 0.6) is 0 Å². The molecule has 0 amide bonds. The van der Waals surface area contributed by atoms with Crippen LogP contribution in [0.1, 0.15) is 40.0 Å². The molecule has 3 aromatic rings. The van der Waals surface area contributed by atoms with Crippen molar-refractivity contribution in [3.05, 3.63) is 103 Å². The summed E-state index contributed by atoms with van der Waals surface area (Å²) in [5.41, 5.74) is 1.42. The summed E-state index contributed by atoms with van der Waals surface area (Å²) < 4.78 is 5.59. The van der Waals surface area contributed by atoms with Crippen LogP contribution in [0.15, 0.2) is 103 Å².